The molecule has 0 bridgehead atoms. The number of nitrogens with zero attached hydrogens (tertiary/aromatic N) is 1. The van der Waals surface area contributed by atoms with Gasteiger partial charge in [0, 0.05) is 18.5 Å². The molecule has 33 heavy (non-hydrogen) atoms. The Bertz CT molecular complexity index is 1090. The molecule has 0 radical (unpaired) electrons. The van der Waals surface area contributed by atoms with Crippen molar-refractivity contribution in [1.82, 2.24) is 4.90 Å². The standard InChI is InChI=1S/C25H32F2N2O3S/c1-16(2)25(30)28-24-13-21(22(26)14-23(24)27)19-9-11-29(12-10-19)15-18-5-7-20(8-6-18)33(31,32)17(3)4/h5-8,13-14,16-17,19H,9-12,15H2,1-4H3,(H,28,30). The van der Waals surface area contributed by atoms with E-state index in [2.05, 4.69) is 10.2 Å². The Labute approximate surface area is 195 Å². The molecule has 2 aromatic rings. The van der Waals surface area contributed by atoms with Crippen LogP contribution in [-0.2, 0) is 21.2 Å². The Morgan fingerprint density at radius 3 is 2.18 bits per heavy atom. The number of carbonyl (C=O) groups is 1. The summed E-state index contributed by atoms with van der Waals surface area (Å²) in [6, 6.07) is 9.26. The molecule has 0 saturated carbocycles. The van der Waals surface area contributed by atoms with Crippen LogP contribution in [0.4, 0.5) is 14.5 Å². The van der Waals surface area contributed by atoms with Gasteiger partial charge in [-0.05, 0) is 75.0 Å². The number of sulfone groups is 1. The highest BCUT2D eigenvalue weighted by Gasteiger charge is 2.25. The molecule has 0 unspecified atom stereocenters. The monoisotopic (exact) mass is 478 g/mol. The van der Waals surface area contributed by atoms with Crippen LogP contribution < -0.4 is 5.32 Å². The lowest BCUT2D eigenvalue weighted by atomic mass is 9.88. The highest BCUT2D eigenvalue weighted by molar-refractivity contribution is 7.92. The van der Waals surface area contributed by atoms with Crippen molar-refractivity contribution < 1.29 is 22.0 Å². The Morgan fingerprint density at radius 2 is 1.64 bits per heavy atom. The average Bonchev–Trinajstić information content (AvgIpc) is 2.76. The van der Waals surface area contributed by atoms with Gasteiger partial charge in [-0.25, -0.2) is 17.2 Å². The summed E-state index contributed by atoms with van der Waals surface area (Å²) in [6.45, 7) is 8.91. The van der Waals surface area contributed by atoms with E-state index in [-0.39, 0.29) is 23.4 Å². The number of hydrogen-bond acceptors (Lipinski definition) is 4. The largest absolute Gasteiger partial charge is 0.323 e. The van der Waals surface area contributed by atoms with Crippen molar-refractivity contribution >= 4 is 21.4 Å². The molecular formula is C25H32F2N2O3S. The SMILES string of the molecule is CC(C)C(=O)Nc1cc(C2CCN(Cc3ccc(S(=O)(=O)C(C)C)cc3)CC2)c(F)cc1F. The van der Waals surface area contributed by atoms with Crippen LogP contribution in [0.5, 0.6) is 0 Å². The first-order chi connectivity index (χ1) is 15.5. The Hall–Kier alpha value is -2.32. The average molecular weight is 479 g/mol. The minimum Gasteiger partial charge on any atom is -0.323 e. The van der Waals surface area contributed by atoms with Gasteiger partial charge in [-0.15, -0.1) is 0 Å². The van der Waals surface area contributed by atoms with E-state index in [0.29, 0.717) is 29.8 Å². The molecule has 0 aromatic heterocycles. The van der Waals surface area contributed by atoms with Crippen molar-refractivity contribution in [2.75, 3.05) is 18.4 Å². The maximum Gasteiger partial charge on any atom is 0.227 e. The molecule has 1 N–H and O–H groups in total. The van der Waals surface area contributed by atoms with Crippen molar-refractivity contribution in [3.63, 3.8) is 0 Å². The van der Waals surface area contributed by atoms with Crippen LogP contribution in [0.3, 0.4) is 0 Å². The second kappa shape index (κ2) is 10.3. The first-order valence-electron chi connectivity index (χ1n) is 11.3. The molecule has 0 spiro atoms. The number of piperidine rings is 1. The summed E-state index contributed by atoms with van der Waals surface area (Å²) in [7, 11) is -3.29. The fourth-order valence-electron chi connectivity index (χ4n) is 3.97. The van der Waals surface area contributed by atoms with E-state index in [1.807, 2.05) is 12.1 Å². The van der Waals surface area contributed by atoms with Crippen LogP contribution in [0.1, 0.15) is 57.6 Å². The molecule has 1 aliphatic heterocycles. The minimum absolute atomic E-state index is 0.0176. The van der Waals surface area contributed by atoms with E-state index in [1.165, 1.54) is 6.07 Å². The summed E-state index contributed by atoms with van der Waals surface area (Å²) in [5, 5.41) is 2.08. The third-order valence-electron chi connectivity index (χ3n) is 6.17. The molecule has 1 heterocycles. The van der Waals surface area contributed by atoms with E-state index in [0.717, 1.165) is 24.7 Å². The van der Waals surface area contributed by atoms with E-state index >= 15 is 0 Å². The van der Waals surface area contributed by atoms with E-state index in [1.54, 1.807) is 39.8 Å². The molecule has 0 atom stereocenters. The second-order valence-corrected chi connectivity index (χ2v) is 11.8. The molecule has 8 heteroatoms. The van der Waals surface area contributed by atoms with Crippen LogP contribution in [0, 0.1) is 17.6 Å². The summed E-state index contributed by atoms with van der Waals surface area (Å²) in [4.78, 5) is 14.5. The maximum absolute atomic E-state index is 14.5. The highest BCUT2D eigenvalue weighted by atomic mass is 32.2. The van der Waals surface area contributed by atoms with Crippen LogP contribution in [-0.4, -0.2) is 37.6 Å². The highest BCUT2D eigenvalue weighted by Crippen LogP contribution is 2.33. The first kappa shape index (κ1) is 25.3. The number of benzene rings is 2. The summed E-state index contributed by atoms with van der Waals surface area (Å²) in [6.07, 6.45) is 1.42. The normalized spacial score (nSPS) is 15.9. The predicted molar refractivity (Wildman–Crippen MR) is 126 cm³/mol. The quantitative estimate of drug-likeness (QED) is 0.600. The topological polar surface area (TPSA) is 66.5 Å². The molecule has 0 aliphatic carbocycles. The van der Waals surface area contributed by atoms with Crippen LogP contribution in [0.2, 0.25) is 0 Å². The third-order valence-corrected chi connectivity index (χ3v) is 8.35. The van der Waals surface area contributed by atoms with Gasteiger partial charge in [0.2, 0.25) is 5.91 Å². The fraction of sp³-hybridized carbons (Fsp3) is 0.480. The Morgan fingerprint density at radius 1 is 1.03 bits per heavy atom. The van der Waals surface area contributed by atoms with Crippen molar-refractivity contribution in [3.05, 3.63) is 59.2 Å². The molecule has 3 rings (SSSR count). The number of hydrogen-bond donors (Lipinski definition) is 1. The van der Waals surface area contributed by atoms with Gasteiger partial charge in [0.15, 0.2) is 9.84 Å². The fourth-order valence-corrected chi connectivity index (χ4v) is 5.03. The molecular weight excluding hydrogens is 446 g/mol. The molecule has 1 aliphatic rings. The summed E-state index contributed by atoms with van der Waals surface area (Å²) >= 11 is 0. The summed E-state index contributed by atoms with van der Waals surface area (Å²) in [5.74, 6) is -2.04. The molecule has 1 fully saturated rings. The van der Waals surface area contributed by atoms with Gasteiger partial charge < -0.3 is 5.32 Å². The predicted octanol–water partition coefficient (Wildman–Crippen LogP) is 5.12. The maximum atomic E-state index is 14.5. The second-order valence-electron chi connectivity index (χ2n) is 9.29. The molecule has 180 valence electrons. The van der Waals surface area contributed by atoms with Gasteiger partial charge in [0.25, 0.3) is 0 Å². The lowest BCUT2D eigenvalue weighted by molar-refractivity contribution is -0.118. The van der Waals surface area contributed by atoms with Crippen LogP contribution >= 0.6 is 0 Å². The molecule has 2 aromatic carbocycles. The van der Waals surface area contributed by atoms with Crippen molar-refractivity contribution in [1.29, 1.82) is 0 Å². The first-order valence-corrected chi connectivity index (χ1v) is 12.9. The lowest BCUT2D eigenvalue weighted by Gasteiger charge is -2.32. The molecule has 1 saturated heterocycles. The number of carbonyl (C=O) groups excluding carboxylic acids is 1. The van der Waals surface area contributed by atoms with Crippen LogP contribution in [0.15, 0.2) is 41.3 Å². The number of amides is 1. The zero-order valence-electron chi connectivity index (χ0n) is 19.6. The zero-order chi connectivity index (χ0) is 24.3. The summed E-state index contributed by atoms with van der Waals surface area (Å²) in [5.41, 5.74) is 1.46. The third kappa shape index (κ3) is 5.98. The van der Waals surface area contributed by atoms with Gasteiger partial charge in [0.1, 0.15) is 11.6 Å². The Kier molecular flexibility index (Phi) is 7.90. The smallest absolute Gasteiger partial charge is 0.227 e. The summed E-state index contributed by atoms with van der Waals surface area (Å²) < 4.78 is 53.3. The van der Waals surface area contributed by atoms with E-state index in [4.69, 9.17) is 0 Å². The Balaban J connectivity index is 1.64. The van der Waals surface area contributed by atoms with Crippen molar-refractivity contribution in [2.24, 2.45) is 5.92 Å². The molecule has 1 amide bonds. The van der Waals surface area contributed by atoms with Gasteiger partial charge in [-0.2, -0.15) is 0 Å². The van der Waals surface area contributed by atoms with Crippen molar-refractivity contribution in [2.45, 2.75) is 63.1 Å². The number of rotatable bonds is 7. The zero-order valence-corrected chi connectivity index (χ0v) is 20.4. The number of anilines is 1. The van der Waals surface area contributed by atoms with Gasteiger partial charge >= 0.3 is 0 Å². The number of nitrogens with one attached hydrogen (secondary N) is 1. The van der Waals surface area contributed by atoms with Gasteiger partial charge in [-0.3, -0.25) is 9.69 Å². The molecule has 5 nitrogen and oxygen atoms in total. The number of halogens is 2. The lowest BCUT2D eigenvalue weighted by Crippen LogP contribution is -2.32. The number of likely N-dealkylation sites (tertiary alicyclic amines) is 1. The van der Waals surface area contributed by atoms with Crippen LogP contribution in [0.25, 0.3) is 0 Å². The minimum atomic E-state index is -3.29. The van der Waals surface area contributed by atoms with Gasteiger partial charge in [0.05, 0.1) is 15.8 Å². The van der Waals surface area contributed by atoms with E-state index in [9.17, 15) is 22.0 Å². The van der Waals surface area contributed by atoms with Gasteiger partial charge in [-0.1, -0.05) is 26.0 Å². The van der Waals surface area contributed by atoms with Crippen molar-refractivity contribution in [3.8, 4) is 0 Å². The van der Waals surface area contributed by atoms with E-state index < -0.39 is 26.7 Å².